The standard InChI is InChI=1S/C23H29N3O2/c1-28-21-10-3-2-7-18(21)15-26-14-6-8-19(16-26)22(20-9-4-5-13-24-20)25-23(27)17-11-12-17/h2-5,7,9-10,13,17,19,22H,6,8,11-12,14-16H2,1H3,(H,25,27)/t19-,22+/m1/s1. The third-order valence-corrected chi connectivity index (χ3v) is 5.85. The number of carbonyl (C=O) groups is 1. The van der Waals surface area contributed by atoms with Crippen LogP contribution in [0.1, 0.15) is 43.0 Å². The van der Waals surface area contributed by atoms with E-state index in [0.717, 1.165) is 56.8 Å². The predicted octanol–water partition coefficient (Wildman–Crippen LogP) is 3.57. The van der Waals surface area contributed by atoms with Crippen LogP contribution < -0.4 is 10.1 Å². The highest BCUT2D eigenvalue weighted by Crippen LogP contribution is 2.34. The van der Waals surface area contributed by atoms with Crippen molar-refractivity contribution < 1.29 is 9.53 Å². The van der Waals surface area contributed by atoms with E-state index >= 15 is 0 Å². The minimum Gasteiger partial charge on any atom is -0.496 e. The number of nitrogens with one attached hydrogen (secondary N) is 1. The zero-order valence-electron chi connectivity index (χ0n) is 16.5. The third-order valence-electron chi connectivity index (χ3n) is 5.85. The van der Waals surface area contributed by atoms with E-state index < -0.39 is 0 Å². The fraction of sp³-hybridized carbons (Fsp3) is 0.478. The van der Waals surface area contributed by atoms with Crippen molar-refractivity contribution in [3.8, 4) is 5.75 Å². The Morgan fingerprint density at radius 1 is 1.21 bits per heavy atom. The maximum atomic E-state index is 12.5. The molecule has 1 saturated carbocycles. The van der Waals surface area contributed by atoms with E-state index in [1.54, 1.807) is 7.11 Å². The molecular weight excluding hydrogens is 350 g/mol. The summed E-state index contributed by atoms with van der Waals surface area (Å²) in [5, 5.41) is 3.32. The minimum atomic E-state index is -0.0187. The molecule has 28 heavy (non-hydrogen) atoms. The number of amides is 1. The summed E-state index contributed by atoms with van der Waals surface area (Å²) in [6.45, 7) is 2.89. The van der Waals surface area contributed by atoms with Gasteiger partial charge in [-0.2, -0.15) is 0 Å². The maximum absolute atomic E-state index is 12.5. The molecule has 1 aromatic carbocycles. The van der Waals surface area contributed by atoms with Crippen LogP contribution in [0.4, 0.5) is 0 Å². The number of benzene rings is 1. The molecule has 4 rings (SSSR count). The summed E-state index contributed by atoms with van der Waals surface area (Å²) in [5.41, 5.74) is 2.18. The molecule has 2 aromatic rings. The van der Waals surface area contributed by atoms with E-state index in [2.05, 4.69) is 27.3 Å². The Morgan fingerprint density at radius 2 is 2.04 bits per heavy atom. The number of rotatable bonds is 7. The lowest BCUT2D eigenvalue weighted by Gasteiger charge is -2.37. The number of nitrogens with zero attached hydrogens (tertiary/aromatic N) is 2. The van der Waals surface area contributed by atoms with Crippen molar-refractivity contribution in [1.82, 2.24) is 15.2 Å². The number of pyridine rings is 1. The molecule has 148 valence electrons. The second-order valence-corrected chi connectivity index (χ2v) is 7.96. The molecule has 1 N–H and O–H groups in total. The molecule has 2 fully saturated rings. The Bertz CT molecular complexity index is 791. The van der Waals surface area contributed by atoms with Crippen LogP contribution >= 0.6 is 0 Å². The molecule has 0 radical (unpaired) electrons. The highest BCUT2D eigenvalue weighted by atomic mass is 16.5. The summed E-state index contributed by atoms with van der Waals surface area (Å²) in [6.07, 6.45) is 6.09. The lowest BCUT2D eigenvalue weighted by Crippen LogP contribution is -2.43. The normalized spacial score (nSPS) is 21.1. The van der Waals surface area contributed by atoms with E-state index in [1.165, 1.54) is 5.56 Å². The number of hydrogen-bond acceptors (Lipinski definition) is 4. The summed E-state index contributed by atoms with van der Waals surface area (Å²) in [6, 6.07) is 14.2. The van der Waals surface area contributed by atoms with Crippen molar-refractivity contribution in [2.24, 2.45) is 11.8 Å². The van der Waals surface area contributed by atoms with Crippen LogP contribution in [0.25, 0.3) is 0 Å². The number of hydrogen-bond donors (Lipinski definition) is 1. The zero-order valence-corrected chi connectivity index (χ0v) is 16.5. The van der Waals surface area contributed by atoms with Crippen LogP contribution in [0.2, 0.25) is 0 Å². The van der Waals surface area contributed by atoms with Crippen LogP contribution in [0.5, 0.6) is 5.75 Å². The summed E-state index contributed by atoms with van der Waals surface area (Å²) in [4.78, 5) is 19.6. The van der Waals surface area contributed by atoms with Gasteiger partial charge in [-0.25, -0.2) is 0 Å². The number of para-hydroxylation sites is 1. The van der Waals surface area contributed by atoms with Crippen LogP contribution in [0.15, 0.2) is 48.7 Å². The van der Waals surface area contributed by atoms with Gasteiger partial charge in [-0.1, -0.05) is 24.3 Å². The van der Waals surface area contributed by atoms with Crippen molar-refractivity contribution in [2.45, 2.75) is 38.3 Å². The molecule has 5 heteroatoms. The first-order valence-electron chi connectivity index (χ1n) is 10.3. The molecule has 2 heterocycles. The van der Waals surface area contributed by atoms with Gasteiger partial charge in [-0.3, -0.25) is 14.7 Å². The van der Waals surface area contributed by atoms with Gasteiger partial charge >= 0.3 is 0 Å². The van der Waals surface area contributed by atoms with Gasteiger partial charge in [0.15, 0.2) is 0 Å². The lowest BCUT2D eigenvalue weighted by molar-refractivity contribution is -0.123. The van der Waals surface area contributed by atoms with Crippen molar-refractivity contribution in [3.05, 3.63) is 59.9 Å². The van der Waals surface area contributed by atoms with E-state index in [4.69, 9.17) is 4.74 Å². The first-order chi connectivity index (χ1) is 13.7. The fourth-order valence-electron chi connectivity index (χ4n) is 4.19. The van der Waals surface area contributed by atoms with Crippen molar-refractivity contribution >= 4 is 5.91 Å². The average molecular weight is 380 g/mol. The van der Waals surface area contributed by atoms with Gasteiger partial charge < -0.3 is 10.1 Å². The molecule has 1 amide bonds. The molecule has 5 nitrogen and oxygen atoms in total. The second kappa shape index (κ2) is 8.74. The average Bonchev–Trinajstić information content (AvgIpc) is 3.59. The van der Waals surface area contributed by atoms with Crippen LogP contribution in [-0.2, 0) is 11.3 Å². The van der Waals surface area contributed by atoms with Gasteiger partial charge in [0.05, 0.1) is 18.8 Å². The Labute approximate surface area is 167 Å². The van der Waals surface area contributed by atoms with Crippen LogP contribution in [-0.4, -0.2) is 36.0 Å². The van der Waals surface area contributed by atoms with Gasteiger partial charge in [0, 0.05) is 30.8 Å². The molecule has 1 aliphatic carbocycles. The molecule has 0 unspecified atom stereocenters. The molecular formula is C23H29N3O2. The van der Waals surface area contributed by atoms with Gasteiger partial charge in [-0.05, 0) is 56.3 Å². The van der Waals surface area contributed by atoms with Gasteiger partial charge in [-0.15, -0.1) is 0 Å². The summed E-state index contributed by atoms with van der Waals surface area (Å²) in [7, 11) is 1.72. The van der Waals surface area contributed by atoms with Crippen LogP contribution in [0.3, 0.4) is 0 Å². The molecule has 0 spiro atoms. The molecule has 2 aliphatic rings. The Balaban J connectivity index is 1.49. The molecule has 1 aromatic heterocycles. The minimum absolute atomic E-state index is 0.0187. The topological polar surface area (TPSA) is 54.5 Å². The van der Waals surface area contributed by atoms with Gasteiger partial charge in [0.2, 0.25) is 5.91 Å². The summed E-state index contributed by atoms with van der Waals surface area (Å²) < 4.78 is 5.52. The monoisotopic (exact) mass is 379 g/mol. The number of carbonyl (C=O) groups excluding carboxylic acids is 1. The fourth-order valence-corrected chi connectivity index (χ4v) is 4.19. The molecule has 2 atom stereocenters. The Hall–Kier alpha value is -2.40. The molecule has 0 bridgehead atoms. The van der Waals surface area contributed by atoms with E-state index in [9.17, 15) is 4.79 Å². The predicted molar refractivity (Wildman–Crippen MR) is 109 cm³/mol. The first kappa shape index (κ1) is 18.9. The van der Waals surface area contributed by atoms with E-state index in [1.807, 2.05) is 36.5 Å². The highest BCUT2D eigenvalue weighted by molar-refractivity contribution is 5.81. The first-order valence-corrected chi connectivity index (χ1v) is 10.3. The lowest BCUT2D eigenvalue weighted by atomic mass is 9.88. The van der Waals surface area contributed by atoms with Gasteiger partial charge in [0.1, 0.15) is 5.75 Å². The SMILES string of the molecule is COc1ccccc1CN1CCC[C@@H]([C@H](NC(=O)C2CC2)c2ccccn2)C1. The number of piperidine rings is 1. The smallest absolute Gasteiger partial charge is 0.223 e. The third kappa shape index (κ3) is 4.53. The molecule has 1 aliphatic heterocycles. The van der Waals surface area contributed by atoms with Gasteiger partial charge in [0.25, 0.3) is 0 Å². The number of aromatic nitrogens is 1. The number of likely N-dealkylation sites (tertiary alicyclic amines) is 1. The van der Waals surface area contributed by atoms with Crippen molar-refractivity contribution in [2.75, 3.05) is 20.2 Å². The Kier molecular flexibility index (Phi) is 5.91. The summed E-state index contributed by atoms with van der Waals surface area (Å²) in [5.74, 6) is 1.70. The molecule has 1 saturated heterocycles. The maximum Gasteiger partial charge on any atom is 0.223 e. The zero-order chi connectivity index (χ0) is 19.3. The largest absolute Gasteiger partial charge is 0.496 e. The van der Waals surface area contributed by atoms with Crippen molar-refractivity contribution in [1.29, 1.82) is 0 Å². The van der Waals surface area contributed by atoms with Crippen molar-refractivity contribution in [3.63, 3.8) is 0 Å². The summed E-state index contributed by atoms with van der Waals surface area (Å²) >= 11 is 0. The quantitative estimate of drug-likeness (QED) is 0.799. The van der Waals surface area contributed by atoms with E-state index in [-0.39, 0.29) is 17.9 Å². The number of ether oxygens (including phenoxy) is 1. The Morgan fingerprint density at radius 3 is 2.79 bits per heavy atom. The van der Waals surface area contributed by atoms with E-state index in [0.29, 0.717) is 5.92 Å². The van der Waals surface area contributed by atoms with Crippen LogP contribution in [0, 0.1) is 11.8 Å². The highest BCUT2D eigenvalue weighted by Gasteiger charge is 2.35. The second-order valence-electron chi connectivity index (χ2n) is 7.96. The number of methoxy groups -OCH3 is 1.